The van der Waals surface area contributed by atoms with Gasteiger partial charge >= 0.3 is 5.97 Å². The highest BCUT2D eigenvalue weighted by molar-refractivity contribution is 5.70. The summed E-state index contributed by atoms with van der Waals surface area (Å²) in [6.45, 7) is 3.58. The van der Waals surface area contributed by atoms with Gasteiger partial charge in [0.15, 0.2) is 6.29 Å². The Hall–Kier alpha value is -0.730. The van der Waals surface area contributed by atoms with Gasteiger partial charge in [0.2, 0.25) is 0 Å². The maximum Gasteiger partial charge on any atom is 0.331 e. The van der Waals surface area contributed by atoms with Crippen molar-refractivity contribution in [2.45, 2.75) is 25.6 Å². The third-order valence-corrected chi connectivity index (χ3v) is 2.86. The minimum atomic E-state index is -0.389. The molecule has 1 unspecified atom stereocenters. The maximum atomic E-state index is 10.7. The quantitative estimate of drug-likeness (QED) is 0.389. The Morgan fingerprint density at radius 2 is 1.67 bits per heavy atom. The second-order valence-corrected chi connectivity index (χ2v) is 4.52. The van der Waals surface area contributed by atoms with Crippen LogP contribution in [-0.4, -0.2) is 72.2 Å². The summed E-state index contributed by atoms with van der Waals surface area (Å²) in [5.74, 6) is -0.389. The molecule has 0 aromatic carbocycles. The summed E-state index contributed by atoms with van der Waals surface area (Å²) in [7, 11) is 1.32. The van der Waals surface area contributed by atoms with E-state index in [0.717, 1.165) is 25.9 Å². The summed E-state index contributed by atoms with van der Waals surface area (Å²) in [5, 5.41) is 0. The third kappa shape index (κ3) is 10.6. The Balaban J connectivity index is 1.73. The fourth-order valence-electron chi connectivity index (χ4n) is 1.74. The second kappa shape index (κ2) is 13.0. The van der Waals surface area contributed by atoms with E-state index in [1.807, 2.05) is 0 Å². The van der Waals surface area contributed by atoms with Crippen LogP contribution in [-0.2, 0) is 33.2 Å². The van der Waals surface area contributed by atoms with Crippen LogP contribution in [0.4, 0.5) is 0 Å². The van der Waals surface area contributed by atoms with E-state index in [1.54, 1.807) is 0 Å². The van der Waals surface area contributed by atoms with Crippen LogP contribution in [0.2, 0.25) is 0 Å². The molecule has 21 heavy (non-hydrogen) atoms. The number of esters is 1. The molecule has 124 valence electrons. The molecule has 1 rings (SSSR count). The molecule has 1 atom stereocenters. The van der Waals surface area contributed by atoms with Gasteiger partial charge in [-0.1, -0.05) is 0 Å². The minimum Gasteiger partial charge on any atom is -0.467 e. The average Bonchev–Trinajstić information content (AvgIpc) is 2.53. The third-order valence-electron chi connectivity index (χ3n) is 2.86. The van der Waals surface area contributed by atoms with E-state index in [0.29, 0.717) is 39.6 Å². The summed E-state index contributed by atoms with van der Waals surface area (Å²) in [5.41, 5.74) is 0. The molecule has 0 radical (unpaired) electrons. The van der Waals surface area contributed by atoms with Gasteiger partial charge in [-0.3, -0.25) is 0 Å². The highest BCUT2D eigenvalue weighted by atomic mass is 16.7. The summed E-state index contributed by atoms with van der Waals surface area (Å²) >= 11 is 0. The van der Waals surface area contributed by atoms with Crippen LogP contribution >= 0.6 is 0 Å². The predicted molar refractivity (Wildman–Crippen MR) is 74.0 cm³/mol. The number of ether oxygens (including phenoxy) is 6. The molecule has 1 heterocycles. The van der Waals surface area contributed by atoms with Gasteiger partial charge in [0.25, 0.3) is 0 Å². The zero-order valence-electron chi connectivity index (χ0n) is 12.7. The lowest BCUT2D eigenvalue weighted by molar-refractivity contribution is -0.169. The first kappa shape index (κ1) is 18.3. The summed E-state index contributed by atoms with van der Waals surface area (Å²) in [4.78, 5) is 10.7. The van der Waals surface area contributed by atoms with Gasteiger partial charge in [-0.2, -0.15) is 0 Å². The minimum absolute atomic E-state index is 0.0447. The maximum absolute atomic E-state index is 10.7. The molecule has 0 bridgehead atoms. The second-order valence-electron chi connectivity index (χ2n) is 4.52. The Morgan fingerprint density at radius 1 is 1.00 bits per heavy atom. The normalized spacial score (nSPS) is 18.6. The Morgan fingerprint density at radius 3 is 2.29 bits per heavy atom. The van der Waals surface area contributed by atoms with E-state index in [9.17, 15) is 4.79 Å². The zero-order chi connectivity index (χ0) is 15.2. The van der Waals surface area contributed by atoms with Crippen molar-refractivity contribution in [3.63, 3.8) is 0 Å². The first-order chi connectivity index (χ1) is 10.3. The van der Waals surface area contributed by atoms with Gasteiger partial charge in [-0.15, -0.1) is 0 Å². The van der Waals surface area contributed by atoms with E-state index >= 15 is 0 Å². The SMILES string of the molecule is COC(=O)COCCOCCOCCOC1CCCCO1. The molecule has 0 spiro atoms. The van der Waals surface area contributed by atoms with E-state index < -0.39 is 0 Å². The molecule has 7 heteroatoms. The lowest BCUT2D eigenvalue weighted by Gasteiger charge is -2.22. The molecule has 0 aromatic rings. The van der Waals surface area contributed by atoms with E-state index in [2.05, 4.69) is 4.74 Å². The number of hydrogen-bond acceptors (Lipinski definition) is 7. The largest absolute Gasteiger partial charge is 0.467 e. The molecule has 7 nitrogen and oxygen atoms in total. The van der Waals surface area contributed by atoms with Crippen molar-refractivity contribution in [2.75, 3.05) is 60.0 Å². The molecule has 1 fully saturated rings. The predicted octanol–water partition coefficient (Wildman–Crippen LogP) is 0.752. The summed E-state index contributed by atoms with van der Waals surface area (Å²) in [6.07, 6.45) is 3.19. The van der Waals surface area contributed by atoms with Crippen LogP contribution in [0.1, 0.15) is 19.3 Å². The number of methoxy groups -OCH3 is 1. The molecule has 0 saturated carbocycles. The van der Waals surface area contributed by atoms with Gasteiger partial charge < -0.3 is 28.4 Å². The fraction of sp³-hybridized carbons (Fsp3) is 0.929. The fourth-order valence-corrected chi connectivity index (χ4v) is 1.74. The molecule has 0 aliphatic carbocycles. The van der Waals surface area contributed by atoms with E-state index in [1.165, 1.54) is 7.11 Å². The lowest BCUT2D eigenvalue weighted by atomic mass is 10.2. The molecule has 0 N–H and O–H groups in total. The van der Waals surface area contributed by atoms with Crippen molar-refractivity contribution in [2.24, 2.45) is 0 Å². The first-order valence-electron chi connectivity index (χ1n) is 7.36. The molecule has 1 aliphatic rings. The van der Waals surface area contributed by atoms with Crippen LogP contribution in [0.5, 0.6) is 0 Å². The highest BCUT2D eigenvalue weighted by Crippen LogP contribution is 2.13. The molecular formula is C14H26O7. The average molecular weight is 306 g/mol. The molecule has 0 aromatic heterocycles. The zero-order valence-corrected chi connectivity index (χ0v) is 12.7. The standard InChI is InChI=1S/C14H26O7/c1-16-13(15)12-19-9-8-17-6-7-18-10-11-21-14-4-2-3-5-20-14/h14H,2-12H2,1H3. The van der Waals surface area contributed by atoms with Crippen LogP contribution in [0, 0.1) is 0 Å². The highest BCUT2D eigenvalue weighted by Gasteiger charge is 2.13. The molecular weight excluding hydrogens is 280 g/mol. The van der Waals surface area contributed by atoms with Crippen LogP contribution in [0.25, 0.3) is 0 Å². The Bertz CT molecular complexity index is 254. The monoisotopic (exact) mass is 306 g/mol. The molecule has 1 saturated heterocycles. The van der Waals surface area contributed by atoms with Gasteiger partial charge in [0.05, 0.1) is 46.8 Å². The van der Waals surface area contributed by atoms with E-state index in [-0.39, 0.29) is 18.9 Å². The van der Waals surface area contributed by atoms with E-state index in [4.69, 9.17) is 23.7 Å². The van der Waals surface area contributed by atoms with Crippen LogP contribution < -0.4 is 0 Å². The van der Waals surface area contributed by atoms with Crippen molar-refractivity contribution in [1.29, 1.82) is 0 Å². The van der Waals surface area contributed by atoms with Gasteiger partial charge in [0.1, 0.15) is 6.61 Å². The van der Waals surface area contributed by atoms with Crippen molar-refractivity contribution < 1.29 is 33.2 Å². The van der Waals surface area contributed by atoms with Crippen LogP contribution in [0.15, 0.2) is 0 Å². The lowest BCUT2D eigenvalue weighted by Crippen LogP contribution is -2.24. The first-order valence-corrected chi connectivity index (χ1v) is 7.36. The van der Waals surface area contributed by atoms with Crippen LogP contribution in [0.3, 0.4) is 0 Å². The smallest absolute Gasteiger partial charge is 0.331 e. The molecule has 1 aliphatic heterocycles. The van der Waals surface area contributed by atoms with Gasteiger partial charge in [-0.05, 0) is 19.3 Å². The number of carbonyl (C=O) groups is 1. The van der Waals surface area contributed by atoms with Crippen molar-refractivity contribution in [3.05, 3.63) is 0 Å². The molecule has 0 amide bonds. The van der Waals surface area contributed by atoms with Crippen molar-refractivity contribution >= 4 is 5.97 Å². The van der Waals surface area contributed by atoms with Gasteiger partial charge in [0, 0.05) is 6.61 Å². The number of rotatable bonds is 12. The van der Waals surface area contributed by atoms with Crippen molar-refractivity contribution in [3.8, 4) is 0 Å². The number of hydrogen-bond donors (Lipinski definition) is 0. The van der Waals surface area contributed by atoms with Crippen molar-refractivity contribution in [1.82, 2.24) is 0 Å². The topological polar surface area (TPSA) is 72.5 Å². The van der Waals surface area contributed by atoms with Gasteiger partial charge in [-0.25, -0.2) is 4.79 Å². The number of carbonyl (C=O) groups excluding carboxylic acids is 1. The summed E-state index contributed by atoms with van der Waals surface area (Å²) < 4.78 is 31.1. The summed E-state index contributed by atoms with van der Waals surface area (Å²) in [6, 6.07) is 0. The Labute approximate surface area is 125 Å². The Kier molecular flexibility index (Phi) is 11.3.